The Morgan fingerprint density at radius 2 is 2.44 bits per heavy atom. The zero-order valence-electron chi connectivity index (χ0n) is 4.85. The second-order valence-corrected chi connectivity index (χ2v) is 2.55. The molecule has 0 aliphatic heterocycles. The Morgan fingerprint density at radius 1 is 1.78 bits per heavy atom. The minimum absolute atomic E-state index is 0.391. The third-order valence-corrected chi connectivity index (χ3v) is 1.91. The molecule has 0 aliphatic rings. The highest BCUT2D eigenvalue weighted by molar-refractivity contribution is 9.10. The fourth-order valence-electron chi connectivity index (χ4n) is 0.526. The molecule has 0 bridgehead atoms. The Labute approximate surface area is 61.0 Å². The molecule has 0 aliphatic carbocycles. The molecule has 1 aromatic heterocycles. The number of rotatable bonds is 1. The van der Waals surface area contributed by atoms with Gasteiger partial charge in [0.15, 0.2) is 12.0 Å². The van der Waals surface area contributed by atoms with Gasteiger partial charge in [-0.05, 0) is 22.9 Å². The van der Waals surface area contributed by atoms with Gasteiger partial charge in [0.2, 0.25) is 0 Å². The topological polar surface area (TPSA) is 30.2 Å². The molecule has 0 atom stereocenters. The number of carbonyl (C=O) groups is 1. The number of aldehydes is 1. The van der Waals surface area contributed by atoms with Gasteiger partial charge in [-0.2, -0.15) is 0 Å². The summed E-state index contributed by atoms with van der Waals surface area (Å²) in [6.07, 6.45) is 2.19. The normalized spacial score (nSPS) is 9.56. The van der Waals surface area contributed by atoms with E-state index in [1.54, 1.807) is 0 Å². The van der Waals surface area contributed by atoms with Crippen molar-refractivity contribution < 1.29 is 9.21 Å². The van der Waals surface area contributed by atoms with Crippen molar-refractivity contribution in [3.8, 4) is 0 Å². The standard InChI is InChI=1S/C6H5BrO2/c1-4-5(7)3-9-6(4)2-8/h2-3H,1H3. The predicted octanol–water partition coefficient (Wildman–Crippen LogP) is 2.16. The van der Waals surface area contributed by atoms with Crippen LogP contribution in [0.25, 0.3) is 0 Å². The summed E-state index contributed by atoms with van der Waals surface area (Å²) in [6.45, 7) is 1.82. The summed E-state index contributed by atoms with van der Waals surface area (Å²) in [4.78, 5) is 10.1. The summed E-state index contributed by atoms with van der Waals surface area (Å²) in [5.41, 5.74) is 0.852. The third kappa shape index (κ3) is 1.05. The molecule has 1 aromatic rings. The Kier molecular flexibility index (Phi) is 1.71. The first-order valence-corrected chi connectivity index (χ1v) is 3.23. The third-order valence-electron chi connectivity index (χ3n) is 1.12. The molecule has 0 N–H and O–H groups in total. The summed E-state index contributed by atoms with van der Waals surface area (Å²) in [7, 11) is 0. The average Bonchev–Trinajstić information content (AvgIpc) is 2.15. The molecule has 1 rings (SSSR count). The van der Waals surface area contributed by atoms with Gasteiger partial charge in [0.1, 0.15) is 6.26 Å². The van der Waals surface area contributed by atoms with Crippen LogP contribution in [0.2, 0.25) is 0 Å². The maximum Gasteiger partial charge on any atom is 0.185 e. The molecule has 1 heterocycles. The first kappa shape index (κ1) is 6.55. The lowest BCUT2D eigenvalue weighted by atomic mass is 10.3. The van der Waals surface area contributed by atoms with Gasteiger partial charge in [-0.15, -0.1) is 0 Å². The van der Waals surface area contributed by atoms with Crippen LogP contribution in [0.15, 0.2) is 15.2 Å². The van der Waals surface area contributed by atoms with E-state index >= 15 is 0 Å². The molecule has 9 heavy (non-hydrogen) atoms. The second kappa shape index (κ2) is 2.35. The molecule has 0 saturated heterocycles. The summed E-state index contributed by atoms with van der Waals surface area (Å²) >= 11 is 3.20. The minimum Gasteiger partial charge on any atom is -0.460 e. The van der Waals surface area contributed by atoms with Crippen molar-refractivity contribution in [3.63, 3.8) is 0 Å². The van der Waals surface area contributed by atoms with Crippen LogP contribution >= 0.6 is 15.9 Å². The summed E-state index contributed by atoms with van der Waals surface area (Å²) in [5.74, 6) is 0.391. The highest BCUT2D eigenvalue weighted by atomic mass is 79.9. The van der Waals surface area contributed by atoms with Crippen molar-refractivity contribution in [1.82, 2.24) is 0 Å². The highest BCUT2D eigenvalue weighted by Gasteiger charge is 2.03. The molecular formula is C6H5BrO2. The van der Waals surface area contributed by atoms with Crippen molar-refractivity contribution in [2.45, 2.75) is 6.92 Å². The molecule has 0 radical (unpaired) electrons. The monoisotopic (exact) mass is 188 g/mol. The molecular weight excluding hydrogens is 184 g/mol. The number of carbonyl (C=O) groups excluding carboxylic acids is 1. The Morgan fingerprint density at radius 3 is 2.67 bits per heavy atom. The average molecular weight is 189 g/mol. The fraction of sp³-hybridized carbons (Fsp3) is 0.167. The molecule has 0 aromatic carbocycles. The molecule has 0 saturated carbocycles. The second-order valence-electron chi connectivity index (χ2n) is 1.69. The van der Waals surface area contributed by atoms with Gasteiger partial charge < -0.3 is 4.42 Å². The van der Waals surface area contributed by atoms with Crippen molar-refractivity contribution in [2.75, 3.05) is 0 Å². The van der Waals surface area contributed by atoms with Gasteiger partial charge in [0, 0.05) is 5.56 Å². The summed E-state index contributed by atoms with van der Waals surface area (Å²) in [6, 6.07) is 0. The number of furan rings is 1. The van der Waals surface area contributed by atoms with E-state index in [1.165, 1.54) is 6.26 Å². The Hall–Kier alpha value is -0.570. The lowest BCUT2D eigenvalue weighted by Gasteiger charge is -1.81. The quantitative estimate of drug-likeness (QED) is 0.633. The van der Waals surface area contributed by atoms with E-state index in [0.717, 1.165) is 10.0 Å². The van der Waals surface area contributed by atoms with E-state index in [9.17, 15) is 4.79 Å². The zero-order valence-corrected chi connectivity index (χ0v) is 6.44. The Balaban J connectivity index is 3.18. The minimum atomic E-state index is 0.391. The molecule has 0 spiro atoms. The van der Waals surface area contributed by atoms with E-state index in [-0.39, 0.29) is 0 Å². The van der Waals surface area contributed by atoms with E-state index in [2.05, 4.69) is 15.9 Å². The predicted molar refractivity (Wildman–Crippen MR) is 36.5 cm³/mol. The molecule has 0 fully saturated rings. The van der Waals surface area contributed by atoms with Gasteiger partial charge in [0.05, 0.1) is 4.47 Å². The maximum absolute atomic E-state index is 10.1. The van der Waals surface area contributed by atoms with Crippen molar-refractivity contribution in [1.29, 1.82) is 0 Å². The van der Waals surface area contributed by atoms with Crippen LogP contribution in [0.3, 0.4) is 0 Å². The smallest absolute Gasteiger partial charge is 0.185 e. The molecule has 48 valence electrons. The summed E-state index contributed by atoms with van der Waals surface area (Å²) in [5, 5.41) is 0. The first-order valence-electron chi connectivity index (χ1n) is 2.44. The van der Waals surface area contributed by atoms with Crippen molar-refractivity contribution >= 4 is 22.2 Å². The van der Waals surface area contributed by atoms with Crippen molar-refractivity contribution in [3.05, 3.63) is 22.1 Å². The molecule has 3 heteroatoms. The number of halogens is 1. The van der Waals surface area contributed by atoms with E-state index in [0.29, 0.717) is 12.0 Å². The van der Waals surface area contributed by atoms with Gasteiger partial charge in [-0.1, -0.05) is 0 Å². The van der Waals surface area contributed by atoms with Crippen LogP contribution < -0.4 is 0 Å². The lowest BCUT2D eigenvalue weighted by Crippen LogP contribution is -1.76. The summed E-state index contributed by atoms with van der Waals surface area (Å²) < 4.78 is 5.67. The highest BCUT2D eigenvalue weighted by Crippen LogP contribution is 2.19. The first-order chi connectivity index (χ1) is 4.25. The lowest BCUT2D eigenvalue weighted by molar-refractivity contribution is 0.110. The van der Waals surface area contributed by atoms with Gasteiger partial charge in [0.25, 0.3) is 0 Å². The van der Waals surface area contributed by atoms with Crippen LogP contribution in [-0.4, -0.2) is 6.29 Å². The molecule has 0 unspecified atom stereocenters. The van der Waals surface area contributed by atoms with Crippen molar-refractivity contribution in [2.24, 2.45) is 0 Å². The van der Waals surface area contributed by atoms with Crippen LogP contribution in [0.1, 0.15) is 16.1 Å². The SMILES string of the molecule is Cc1c(Br)coc1C=O. The maximum atomic E-state index is 10.1. The van der Waals surface area contributed by atoms with Gasteiger partial charge in [-0.3, -0.25) is 4.79 Å². The van der Waals surface area contributed by atoms with Crippen LogP contribution in [-0.2, 0) is 0 Å². The van der Waals surface area contributed by atoms with Crippen LogP contribution in [0.4, 0.5) is 0 Å². The molecule has 0 amide bonds. The largest absolute Gasteiger partial charge is 0.460 e. The number of hydrogen-bond donors (Lipinski definition) is 0. The van der Waals surface area contributed by atoms with Gasteiger partial charge >= 0.3 is 0 Å². The van der Waals surface area contributed by atoms with E-state index < -0.39 is 0 Å². The Bertz CT molecular complexity index is 227. The van der Waals surface area contributed by atoms with Crippen LogP contribution in [0, 0.1) is 6.92 Å². The van der Waals surface area contributed by atoms with E-state index in [4.69, 9.17) is 4.42 Å². The van der Waals surface area contributed by atoms with E-state index in [1.807, 2.05) is 6.92 Å². The van der Waals surface area contributed by atoms with Gasteiger partial charge in [-0.25, -0.2) is 0 Å². The number of hydrogen-bond acceptors (Lipinski definition) is 2. The van der Waals surface area contributed by atoms with Crippen LogP contribution in [0.5, 0.6) is 0 Å². The zero-order chi connectivity index (χ0) is 6.85. The molecule has 2 nitrogen and oxygen atoms in total. The fourth-order valence-corrected chi connectivity index (χ4v) is 0.815.